The van der Waals surface area contributed by atoms with Crippen LogP contribution in [0.4, 0.5) is 10.5 Å². The molecular formula is C12H13BrN2O3. The molecule has 1 N–H and O–H groups in total. The number of anilines is 1. The van der Waals surface area contributed by atoms with Crippen LogP contribution in [0.25, 0.3) is 0 Å². The molecule has 1 heterocycles. The Morgan fingerprint density at radius 1 is 1.50 bits per heavy atom. The third kappa shape index (κ3) is 3.46. The van der Waals surface area contributed by atoms with Crippen LogP contribution in [-0.2, 0) is 9.53 Å². The van der Waals surface area contributed by atoms with E-state index in [1.165, 1.54) is 4.90 Å². The quantitative estimate of drug-likeness (QED) is 0.931. The van der Waals surface area contributed by atoms with Gasteiger partial charge in [-0.3, -0.25) is 9.69 Å². The molecule has 0 radical (unpaired) electrons. The van der Waals surface area contributed by atoms with Crippen LogP contribution in [0, 0.1) is 0 Å². The van der Waals surface area contributed by atoms with Crippen LogP contribution in [0.15, 0.2) is 28.7 Å². The lowest BCUT2D eigenvalue weighted by molar-refractivity contribution is -0.117. The van der Waals surface area contributed by atoms with Crippen molar-refractivity contribution in [1.82, 2.24) is 4.90 Å². The number of benzene rings is 1. The lowest BCUT2D eigenvalue weighted by Crippen LogP contribution is -2.42. The van der Waals surface area contributed by atoms with Crippen LogP contribution < -0.4 is 5.32 Å². The van der Waals surface area contributed by atoms with E-state index in [1.54, 1.807) is 12.1 Å². The number of hydrogen-bond acceptors (Lipinski definition) is 3. The summed E-state index contributed by atoms with van der Waals surface area (Å²) in [4.78, 5) is 24.5. The second-order valence-electron chi connectivity index (χ2n) is 3.95. The van der Waals surface area contributed by atoms with E-state index in [9.17, 15) is 9.59 Å². The zero-order valence-corrected chi connectivity index (χ0v) is 11.3. The number of ether oxygens (including phenoxy) is 1. The normalized spacial score (nSPS) is 15.2. The third-order valence-corrected chi connectivity index (χ3v) is 2.99. The Bertz CT molecular complexity index is 464. The molecule has 0 saturated carbocycles. The molecule has 6 heteroatoms. The van der Waals surface area contributed by atoms with E-state index in [2.05, 4.69) is 21.2 Å². The van der Waals surface area contributed by atoms with Gasteiger partial charge >= 0.3 is 6.09 Å². The minimum Gasteiger partial charge on any atom is -0.449 e. The lowest BCUT2D eigenvalue weighted by atomic mass is 10.3. The molecule has 0 aromatic heterocycles. The van der Waals surface area contributed by atoms with Crippen LogP contribution >= 0.6 is 15.9 Å². The van der Waals surface area contributed by atoms with E-state index in [1.807, 2.05) is 12.1 Å². The molecule has 1 aromatic rings. The van der Waals surface area contributed by atoms with E-state index in [-0.39, 0.29) is 12.5 Å². The maximum atomic E-state index is 11.8. The summed E-state index contributed by atoms with van der Waals surface area (Å²) in [5, 5.41) is 2.73. The predicted molar refractivity (Wildman–Crippen MR) is 70.3 cm³/mol. The Morgan fingerprint density at radius 3 is 3.06 bits per heavy atom. The molecule has 0 spiro atoms. The zero-order chi connectivity index (χ0) is 13.0. The largest absolute Gasteiger partial charge is 0.449 e. The van der Waals surface area contributed by atoms with Gasteiger partial charge < -0.3 is 10.1 Å². The number of cyclic esters (lactones) is 1. The van der Waals surface area contributed by atoms with Gasteiger partial charge in [-0.2, -0.15) is 0 Å². The van der Waals surface area contributed by atoms with Gasteiger partial charge in [-0.25, -0.2) is 4.79 Å². The standard InChI is InChI=1S/C12H13BrN2O3/c13-9-3-1-4-10(7-9)14-11(16)8-15-5-2-6-18-12(15)17/h1,3-4,7H,2,5-6,8H2,(H,14,16). The number of carbonyl (C=O) groups is 2. The summed E-state index contributed by atoms with van der Waals surface area (Å²) in [6, 6.07) is 7.29. The Morgan fingerprint density at radius 2 is 2.33 bits per heavy atom. The molecule has 1 saturated heterocycles. The van der Waals surface area contributed by atoms with Gasteiger partial charge in [0.1, 0.15) is 6.54 Å². The number of amides is 2. The van der Waals surface area contributed by atoms with Gasteiger partial charge in [-0.1, -0.05) is 22.0 Å². The number of hydrogen-bond donors (Lipinski definition) is 1. The molecule has 2 amide bonds. The van der Waals surface area contributed by atoms with Crippen molar-refractivity contribution in [3.8, 4) is 0 Å². The van der Waals surface area contributed by atoms with Crippen molar-refractivity contribution in [2.24, 2.45) is 0 Å². The van der Waals surface area contributed by atoms with E-state index >= 15 is 0 Å². The number of halogens is 1. The number of carbonyl (C=O) groups excluding carboxylic acids is 2. The smallest absolute Gasteiger partial charge is 0.410 e. The number of nitrogens with one attached hydrogen (secondary N) is 1. The van der Waals surface area contributed by atoms with E-state index in [0.29, 0.717) is 18.8 Å². The minimum atomic E-state index is -0.425. The summed E-state index contributed by atoms with van der Waals surface area (Å²) in [5.74, 6) is -0.230. The van der Waals surface area contributed by atoms with Crippen molar-refractivity contribution in [2.45, 2.75) is 6.42 Å². The highest BCUT2D eigenvalue weighted by Gasteiger charge is 2.21. The topological polar surface area (TPSA) is 58.6 Å². The maximum absolute atomic E-state index is 11.8. The molecule has 1 aliphatic heterocycles. The molecule has 0 atom stereocenters. The van der Waals surface area contributed by atoms with Gasteiger partial charge in [0.25, 0.3) is 0 Å². The predicted octanol–water partition coefficient (Wildman–Crippen LogP) is 2.23. The van der Waals surface area contributed by atoms with Crippen LogP contribution in [0.5, 0.6) is 0 Å². The molecule has 18 heavy (non-hydrogen) atoms. The highest BCUT2D eigenvalue weighted by Crippen LogP contribution is 2.15. The summed E-state index contributed by atoms with van der Waals surface area (Å²) in [7, 11) is 0. The molecule has 1 aliphatic rings. The molecule has 0 unspecified atom stereocenters. The van der Waals surface area contributed by atoms with Gasteiger partial charge in [0, 0.05) is 16.7 Å². The van der Waals surface area contributed by atoms with Crippen molar-refractivity contribution in [3.63, 3.8) is 0 Å². The molecule has 1 fully saturated rings. The van der Waals surface area contributed by atoms with E-state index in [0.717, 1.165) is 10.9 Å². The van der Waals surface area contributed by atoms with Gasteiger partial charge in [0.15, 0.2) is 0 Å². The van der Waals surface area contributed by atoms with Gasteiger partial charge in [0.2, 0.25) is 5.91 Å². The lowest BCUT2D eigenvalue weighted by Gasteiger charge is -2.25. The fourth-order valence-electron chi connectivity index (χ4n) is 1.68. The summed E-state index contributed by atoms with van der Waals surface area (Å²) in [6.07, 6.45) is 0.334. The average molecular weight is 313 g/mol. The van der Waals surface area contributed by atoms with Crippen LogP contribution in [-0.4, -0.2) is 36.6 Å². The Balaban J connectivity index is 1.90. The zero-order valence-electron chi connectivity index (χ0n) is 9.69. The fraction of sp³-hybridized carbons (Fsp3) is 0.333. The Hall–Kier alpha value is -1.56. The summed E-state index contributed by atoms with van der Waals surface area (Å²) < 4.78 is 5.75. The average Bonchev–Trinajstić information content (AvgIpc) is 2.32. The fourth-order valence-corrected chi connectivity index (χ4v) is 2.08. The molecule has 96 valence electrons. The number of nitrogens with zero attached hydrogens (tertiary/aromatic N) is 1. The van der Waals surface area contributed by atoms with E-state index in [4.69, 9.17) is 4.74 Å². The summed E-state index contributed by atoms with van der Waals surface area (Å²) in [5.41, 5.74) is 0.694. The first kappa shape index (κ1) is 12.9. The van der Waals surface area contributed by atoms with Gasteiger partial charge in [-0.15, -0.1) is 0 Å². The highest BCUT2D eigenvalue weighted by molar-refractivity contribution is 9.10. The second-order valence-corrected chi connectivity index (χ2v) is 4.86. The third-order valence-electron chi connectivity index (χ3n) is 2.50. The van der Waals surface area contributed by atoms with Crippen LogP contribution in [0.1, 0.15) is 6.42 Å². The van der Waals surface area contributed by atoms with Crippen molar-refractivity contribution >= 4 is 33.6 Å². The van der Waals surface area contributed by atoms with Gasteiger partial charge in [0.05, 0.1) is 6.61 Å². The van der Waals surface area contributed by atoms with Crippen molar-refractivity contribution in [3.05, 3.63) is 28.7 Å². The molecule has 5 nitrogen and oxygen atoms in total. The highest BCUT2D eigenvalue weighted by atomic mass is 79.9. The van der Waals surface area contributed by atoms with Crippen LogP contribution in [0.2, 0.25) is 0 Å². The molecular weight excluding hydrogens is 300 g/mol. The first-order valence-electron chi connectivity index (χ1n) is 5.62. The minimum absolute atomic E-state index is 0.0192. The molecule has 1 aromatic carbocycles. The first-order chi connectivity index (χ1) is 8.65. The van der Waals surface area contributed by atoms with Crippen molar-refractivity contribution < 1.29 is 14.3 Å². The molecule has 0 bridgehead atoms. The summed E-state index contributed by atoms with van der Waals surface area (Å²) in [6.45, 7) is 1.01. The Kier molecular flexibility index (Phi) is 4.19. The maximum Gasteiger partial charge on any atom is 0.410 e. The monoisotopic (exact) mass is 312 g/mol. The molecule has 2 rings (SSSR count). The first-order valence-corrected chi connectivity index (χ1v) is 6.41. The molecule has 0 aliphatic carbocycles. The van der Waals surface area contributed by atoms with E-state index < -0.39 is 6.09 Å². The number of rotatable bonds is 3. The summed E-state index contributed by atoms with van der Waals surface area (Å²) >= 11 is 3.32. The Labute approximate surface area is 113 Å². The van der Waals surface area contributed by atoms with Crippen LogP contribution in [0.3, 0.4) is 0 Å². The SMILES string of the molecule is O=C(CN1CCCOC1=O)Nc1cccc(Br)c1. The second kappa shape index (κ2) is 5.86. The van der Waals surface area contributed by atoms with Gasteiger partial charge in [-0.05, 0) is 24.6 Å². The van der Waals surface area contributed by atoms with Crippen molar-refractivity contribution in [2.75, 3.05) is 25.0 Å². The van der Waals surface area contributed by atoms with Crippen molar-refractivity contribution in [1.29, 1.82) is 0 Å².